The second-order valence-electron chi connectivity index (χ2n) is 9.85. The summed E-state index contributed by atoms with van der Waals surface area (Å²) in [4.78, 5) is 35.1. The van der Waals surface area contributed by atoms with Gasteiger partial charge in [0.15, 0.2) is 35.1 Å². The largest absolute Gasteiger partial charge is 0.386 e. The molecule has 0 aliphatic carbocycles. The van der Waals surface area contributed by atoms with Gasteiger partial charge in [-0.1, -0.05) is 12.2 Å². The molecule has 7 rings (SSSR count). The van der Waals surface area contributed by atoms with Crippen molar-refractivity contribution < 1.29 is 41.8 Å². The number of ether oxygens (including phenoxy) is 2. The average Bonchev–Trinajstić information content (AvgIpc) is 3.72. The van der Waals surface area contributed by atoms with Crippen LogP contribution in [0.15, 0.2) is 23.8 Å². The van der Waals surface area contributed by atoms with Crippen LogP contribution in [-0.2, 0) is 36.7 Å². The third-order valence-electron chi connectivity index (χ3n) is 7.13. The van der Waals surface area contributed by atoms with Gasteiger partial charge in [0.1, 0.15) is 36.3 Å². The van der Waals surface area contributed by atoms with E-state index in [2.05, 4.69) is 42.2 Å². The summed E-state index contributed by atoms with van der Waals surface area (Å²) in [7, 11) is -3.24. The van der Waals surface area contributed by atoms with Gasteiger partial charge >= 0.3 is 15.1 Å². The molecule has 3 aliphatic heterocycles. The van der Waals surface area contributed by atoms with Gasteiger partial charge in [0.05, 0.1) is 32.0 Å². The number of aliphatic hydroxyl groups is 1. The van der Waals surface area contributed by atoms with Crippen molar-refractivity contribution in [3.63, 3.8) is 0 Å². The fourth-order valence-corrected chi connectivity index (χ4v) is 7.65. The van der Waals surface area contributed by atoms with Crippen LogP contribution in [0.3, 0.4) is 0 Å². The first kappa shape index (κ1) is 28.8. The summed E-state index contributed by atoms with van der Waals surface area (Å²) >= 11 is 4.14. The number of aromatic amines is 1. The minimum atomic E-state index is -4.14. The number of thiol groups is 1. The third-order valence-corrected chi connectivity index (χ3v) is 9.64. The number of H-pyrrole nitrogens is 1. The molecule has 0 saturated carbocycles. The summed E-state index contributed by atoms with van der Waals surface area (Å²) < 4.78 is 63.7. The summed E-state index contributed by atoms with van der Waals surface area (Å²) in [5.41, 5.74) is 11.7. The van der Waals surface area contributed by atoms with Gasteiger partial charge in [-0.05, 0) is 0 Å². The molecule has 6 N–H and O–H groups in total. The van der Waals surface area contributed by atoms with Crippen LogP contribution in [0.2, 0.25) is 0 Å². The minimum Gasteiger partial charge on any atom is -0.386 e. The molecular weight excluding hydrogens is 634 g/mol. The minimum absolute atomic E-state index is 0.00762. The molecule has 4 aromatic rings. The molecule has 4 aromatic heterocycles. The number of nitrogens with two attached hydrogens (primary N) is 2. The number of anilines is 2. The van der Waals surface area contributed by atoms with Crippen molar-refractivity contribution in [1.29, 1.82) is 0 Å². The molecule has 0 radical (unpaired) electrons. The smallest absolute Gasteiger partial charge is 0.386 e. The van der Waals surface area contributed by atoms with E-state index in [1.54, 1.807) is 0 Å². The van der Waals surface area contributed by atoms with Crippen LogP contribution in [0.4, 0.5) is 11.8 Å². The number of fused-ring (bicyclic) bond motifs is 5. The van der Waals surface area contributed by atoms with E-state index in [0.29, 0.717) is 0 Å². The molecule has 0 amide bonds. The lowest BCUT2D eigenvalue weighted by Crippen LogP contribution is -2.35. The predicted octanol–water partition coefficient (Wildman–Crippen LogP) is -0.0855. The van der Waals surface area contributed by atoms with Gasteiger partial charge in [-0.15, -0.1) is 0 Å². The molecule has 3 fully saturated rings. The lowest BCUT2D eigenvalue weighted by Gasteiger charge is -2.25. The highest BCUT2D eigenvalue weighted by molar-refractivity contribution is 8.44. The lowest BCUT2D eigenvalue weighted by molar-refractivity contribution is -0.0568. The Morgan fingerprint density at radius 2 is 1.81 bits per heavy atom. The second kappa shape index (κ2) is 10.9. The number of imidazole rings is 2. The first-order chi connectivity index (χ1) is 20.6. The van der Waals surface area contributed by atoms with Crippen molar-refractivity contribution in [3.05, 3.63) is 29.3 Å². The monoisotopic (exact) mass is 658 g/mol. The molecule has 7 heterocycles. The number of hydrogen-bond donors (Lipinski definition) is 5. The van der Waals surface area contributed by atoms with Gasteiger partial charge in [0, 0.05) is 6.42 Å². The highest BCUT2D eigenvalue weighted by atomic mass is 32.7. The molecule has 0 spiro atoms. The first-order valence-electron chi connectivity index (χ1n) is 12.7. The van der Waals surface area contributed by atoms with Gasteiger partial charge in [-0.2, -0.15) is 4.98 Å². The molecular formula is C20H24N10O10P2S. The normalized spacial score (nSPS) is 35.4. The Kier molecular flexibility index (Phi) is 7.28. The zero-order valence-electron chi connectivity index (χ0n) is 21.7. The van der Waals surface area contributed by atoms with Gasteiger partial charge in [0.25, 0.3) is 5.56 Å². The van der Waals surface area contributed by atoms with Crippen LogP contribution in [-0.4, -0.2) is 87.9 Å². The lowest BCUT2D eigenvalue weighted by atomic mass is 10.1. The molecule has 2 unspecified atom stereocenters. The van der Waals surface area contributed by atoms with Gasteiger partial charge in [-0.25, -0.2) is 24.5 Å². The number of rotatable bonds is 2. The maximum Gasteiger partial charge on any atom is 0.386 e. The highest BCUT2D eigenvalue weighted by Crippen LogP contribution is 2.57. The van der Waals surface area contributed by atoms with Crippen molar-refractivity contribution in [2.24, 2.45) is 0 Å². The fourth-order valence-electron chi connectivity index (χ4n) is 5.25. The molecule has 2 bridgehead atoms. The van der Waals surface area contributed by atoms with E-state index in [-0.39, 0.29) is 47.1 Å². The number of aliphatic hydroxyl groups excluding tert-OH is 1. The Labute approximate surface area is 245 Å². The summed E-state index contributed by atoms with van der Waals surface area (Å²) in [5.74, 6) is -0.0308. The van der Waals surface area contributed by atoms with E-state index in [4.69, 9.17) is 39.0 Å². The SMILES string of the molecule is Nc1nc2c(ncn2[C@@H]2O[C@@H]3CO[PH](=O)O[C@H]4[C@@H](O)[C@H](n5cnc6c(N)ncnc65)O[C@@H]4COP(=O)(S)O[C@@H]2C3)c(=O)[nH]1. The van der Waals surface area contributed by atoms with Crippen LogP contribution < -0.4 is 17.0 Å². The summed E-state index contributed by atoms with van der Waals surface area (Å²) in [6.45, 7) is -4.83. The van der Waals surface area contributed by atoms with E-state index in [1.807, 2.05) is 0 Å². The topological polar surface area (TPSA) is 269 Å². The number of nitrogens with zero attached hydrogens (tertiary/aromatic N) is 7. The van der Waals surface area contributed by atoms with Crippen LogP contribution in [0.25, 0.3) is 22.3 Å². The predicted molar refractivity (Wildman–Crippen MR) is 148 cm³/mol. The summed E-state index contributed by atoms with van der Waals surface area (Å²) in [6, 6.07) is 0. The van der Waals surface area contributed by atoms with Gasteiger partial charge in [0.2, 0.25) is 5.95 Å². The van der Waals surface area contributed by atoms with Crippen LogP contribution in [0.5, 0.6) is 0 Å². The van der Waals surface area contributed by atoms with Crippen LogP contribution in [0, 0.1) is 0 Å². The molecule has 9 atom stereocenters. The van der Waals surface area contributed by atoms with Crippen molar-refractivity contribution in [2.75, 3.05) is 24.7 Å². The Morgan fingerprint density at radius 3 is 2.63 bits per heavy atom. The maximum atomic E-state index is 13.4. The third kappa shape index (κ3) is 5.24. The highest BCUT2D eigenvalue weighted by Gasteiger charge is 2.49. The van der Waals surface area contributed by atoms with Crippen LogP contribution >= 0.6 is 27.3 Å². The average molecular weight is 658 g/mol. The van der Waals surface area contributed by atoms with E-state index < -0.39 is 70.2 Å². The summed E-state index contributed by atoms with van der Waals surface area (Å²) in [5, 5.41) is 11.2. The molecule has 20 nitrogen and oxygen atoms in total. The molecule has 230 valence electrons. The maximum absolute atomic E-state index is 13.4. The van der Waals surface area contributed by atoms with Crippen molar-refractivity contribution >= 4 is 61.4 Å². The van der Waals surface area contributed by atoms with Gasteiger partial charge in [-0.3, -0.25) is 32.5 Å². The van der Waals surface area contributed by atoms with Crippen molar-refractivity contribution in [2.45, 2.75) is 49.4 Å². The molecule has 0 aromatic carbocycles. The summed E-state index contributed by atoms with van der Waals surface area (Å²) in [6.07, 6.45) is -3.68. The van der Waals surface area contributed by atoms with E-state index in [1.165, 1.54) is 28.1 Å². The molecule has 3 saturated heterocycles. The quantitative estimate of drug-likeness (QED) is 0.139. The van der Waals surface area contributed by atoms with Crippen LogP contribution in [0.1, 0.15) is 18.9 Å². The number of aromatic nitrogens is 8. The van der Waals surface area contributed by atoms with E-state index in [9.17, 15) is 19.0 Å². The Balaban J connectivity index is 1.16. The van der Waals surface area contributed by atoms with E-state index in [0.717, 1.165) is 0 Å². The molecule has 23 heteroatoms. The number of nitrogens with one attached hydrogen (secondary N) is 1. The Morgan fingerprint density at radius 1 is 1.05 bits per heavy atom. The van der Waals surface area contributed by atoms with Gasteiger partial charge < -0.3 is 35.1 Å². The molecule has 43 heavy (non-hydrogen) atoms. The Hall–Kier alpha value is -2.97. The number of nitrogen functional groups attached to an aromatic ring is 2. The first-order valence-corrected chi connectivity index (χ1v) is 16.6. The van der Waals surface area contributed by atoms with Crippen molar-refractivity contribution in [1.82, 2.24) is 39.0 Å². The number of hydrogen-bond acceptors (Lipinski definition) is 17. The zero-order chi connectivity index (χ0) is 30.0. The molecule has 3 aliphatic rings. The standard InChI is InChI=1S/C20H24N10O10P2S/c21-14-10-15(24-4-23-14)29(5-25-10)19-12(31)13-9(38-19)3-36-42(34,43)40-8-1-7(2-35-41(33)39-13)37-18(8)30-6-26-11-16(30)27-20(22)28-17(11)32/h4-9,12-13,18-19,31,41H,1-3H2,(H,34,43)(H2,21,23,24)(H3,22,27,28,32)/t7-,8+,9+,12+,13+,18+,19+,42?/m0/s1. The zero-order valence-corrected chi connectivity index (χ0v) is 24.5. The van der Waals surface area contributed by atoms with E-state index >= 15 is 0 Å². The Bertz CT molecular complexity index is 1840. The second-order valence-corrected chi connectivity index (χ2v) is 13.8. The fraction of sp³-hybridized carbons (Fsp3) is 0.500. The van der Waals surface area contributed by atoms with Crippen molar-refractivity contribution in [3.8, 4) is 0 Å².